The minimum absolute atomic E-state index is 0.196. The molecule has 0 aliphatic carbocycles. The lowest BCUT2D eigenvalue weighted by atomic mass is 10.2. The fourth-order valence-electron chi connectivity index (χ4n) is 1.60. The second-order valence-corrected chi connectivity index (χ2v) is 4.57. The van der Waals surface area contributed by atoms with E-state index in [4.69, 9.17) is 16.3 Å². The Balaban J connectivity index is 1.89. The Kier molecular flexibility index (Phi) is 4.23. The van der Waals surface area contributed by atoms with Gasteiger partial charge in [0.2, 0.25) is 0 Å². The quantitative estimate of drug-likeness (QED) is 0.903. The first-order chi connectivity index (χ1) is 8.65. The highest BCUT2D eigenvalue weighted by atomic mass is 35.5. The maximum atomic E-state index is 9.83. The zero-order valence-corrected chi connectivity index (χ0v) is 10.8. The number of rotatable bonds is 5. The predicted molar refractivity (Wildman–Crippen MR) is 69.9 cm³/mol. The van der Waals surface area contributed by atoms with E-state index in [-0.39, 0.29) is 6.61 Å². The fraction of sp³-hybridized carbons (Fsp3) is 0.308. The van der Waals surface area contributed by atoms with Crippen molar-refractivity contribution in [3.63, 3.8) is 0 Å². The van der Waals surface area contributed by atoms with Gasteiger partial charge in [0.25, 0.3) is 0 Å². The molecular formula is C13H15ClN2O2. The molecule has 1 heterocycles. The second kappa shape index (κ2) is 5.89. The number of imidazole rings is 1. The molecule has 0 spiro atoms. The number of hydrogen-bond donors (Lipinski definition) is 1. The smallest absolute Gasteiger partial charge is 0.138 e. The number of ether oxygens (including phenoxy) is 1. The monoisotopic (exact) mass is 266 g/mol. The first-order valence-corrected chi connectivity index (χ1v) is 6.05. The van der Waals surface area contributed by atoms with Gasteiger partial charge in [0.1, 0.15) is 18.5 Å². The highest BCUT2D eigenvalue weighted by molar-refractivity contribution is 6.32. The summed E-state index contributed by atoms with van der Waals surface area (Å²) in [4.78, 5) is 3.91. The minimum atomic E-state index is -0.601. The molecule has 1 aromatic heterocycles. The summed E-state index contributed by atoms with van der Waals surface area (Å²) < 4.78 is 7.31. The van der Waals surface area contributed by atoms with Gasteiger partial charge in [-0.25, -0.2) is 4.98 Å². The van der Waals surface area contributed by atoms with Gasteiger partial charge in [-0.05, 0) is 24.6 Å². The van der Waals surface area contributed by atoms with Crippen LogP contribution in [0, 0.1) is 6.92 Å². The van der Waals surface area contributed by atoms with Crippen molar-refractivity contribution in [3.05, 3.63) is 47.5 Å². The zero-order valence-electron chi connectivity index (χ0n) is 10.1. The van der Waals surface area contributed by atoms with Crippen LogP contribution in [0.5, 0.6) is 5.75 Å². The maximum absolute atomic E-state index is 9.83. The molecule has 1 N–H and O–H groups in total. The normalized spacial score (nSPS) is 12.4. The Morgan fingerprint density at radius 3 is 3.06 bits per heavy atom. The van der Waals surface area contributed by atoms with Crippen LogP contribution in [-0.4, -0.2) is 27.4 Å². The lowest BCUT2D eigenvalue weighted by Crippen LogP contribution is -2.23. The van der Waals surface area contributed by atoms with E-state index in [0.29, 0.717) is 17.3 Å². The first kappa shape index (κ1) is 12.9. The molecule has 0 aliphatic rings. The summed E-state index contributed by atoms with van der Waals surface area (Å²) in [6, 6.07) is 5.55. The lowest BCUT2D eigenvalue weighted by molar-refractivity contribution is 0.0925. The van der Waals surface area contributed by atoms with Gasteiger partial charge in [-0.3, -0.25) is 0 Å². The third-order valence-corrected chi connectivity index (χ3v) is 2.81. The third-order valence-electron chi connectivity index (χ3n) is 2.50. The van der Waals surface area contributed by atoms with Gasteiger partial charge in [-0.2, -0.15) is 0 Å². The van der Waals surface area contributed by atoms with E-state index in [1.807, 2.05) is 19.1 Å². The molecule has 18 heavy (non-hydrogen) atoms. The number of hydrogen-bond acceptors (Lipinski definition) is 3. The van der Waals surface area contributed by atoms with Crippen molar-refractivity contribution in [2.24, 2.45) is 0 Å². The molecule has 0 bridgehead atoms. The van der Waals surface area contributed by atoms with Crippen molar-refractivity contribution in [2.45, 2.75) is 19.6 Å². The Labute approximate surface area is 111 Å². The van der Waals surface area contributed by atoms with E-state index in [0.717, 1.165) is 5.56 Å². The average molecular weight is 267 g/mol. The summed E-state index contributed by atoms with van der Waals surface area (Å²) in [6.07, 6.45) is 4.52. The molecule has 96 valence electrons. The van der Waals surface area contributed by atoms with Crippen LogP contribution in [-0.2, 0) is 6.54 Å². The molecule has 0 fully saturated rings. The van der Waals surface area contributed by atoms with Crippen LogP contribution >= 0.6 is 11.6 Å². The number of halogens is 1. The molecule has 0 unspecified atom stereocenters. The lowest BCUT2D eigenvalue weighted by Gasteiger charge is -2.14. The van der Waals surface area contributed by atoms with E-state index in [1.54, 1.807) is 29.4 Å². The largest absolute Gasteiger partial charge is 0.489 e. The van der Waals surface area contributed by atoms with Gasteiger partial charge in [-0.15, -0.1) is 0 Å². The van der Waals surface area contributed by atoms with E-state index in [2.05, 4.69) is 4.98 Å². The van der Waals surface area contributed by atoms with Crippen LogP contribution in [0.15, 0.2) is 36.9 Å². The Hall–Kier alpha value is -1.52. The summed E-state index contributed by atoms with van der Waals surface area (Å²) in [6.45, 7) is 2.61. The topological polar surface area (TPSA) is 47.3 Å². The molecular weight excluding hydrogens is 252 g/mol. The predicted octanol–water partition coefficient (Wildman–Crippen LogP) is 2.28. The minimum Gasteiger partial charge on any atom is -0.489 e. The number of nitrogens with zero attached hydrogens (tertiary/aromatic N) is 2. The van der Waals surface area contributed by atoms with Gasteiger partial charge in [0.05, 0.1) is 17.9 Å². The van der Waals surface area contributed by atoms with Crippen LogP contribution in [0.3, 0.4) is 0 Å². The summed E-state index contributed by atoms with van der Waals surface area (Å²) in [5.41, 5.74) is 1.07. The highest BCUT2D eigenvalue weighted by Crippen LogP contribution is 2.25. The second-order valence-electron chi connectivity index (χ2n) is 4.16. The summed E-state index contributed by atoms with van der Waals surface area (Å²) in [5.74, 6) is 0.598. The molecule has 1 atom stereocenters. The van der Waals surface area contributed by atoms with E-state index < -0.39 is 6.10 Å². The van der Waals surface area contributed by atoms with Crippen molar-refractivity contribution < 1.29 is 9.84 Å². The highest BCUT2D eigenvalue weighted by Gasteiger charge is 2.08. The van der Waals surface area contributed by atoms with Gasteiger partial charge in [-0.1, -0.05) is 17.7 Å². The number of aliphatic hydroxyl groups excluding tert-OH is 1. The van der Waals surface area contributed by atoms with Crippen molar-refractivity contribution in [3.8, 4) is 5.75 Å². The standard InChI is InChI=1S/C13H15ClN2O2/c1-10-2-3-12(14)13(6-10)18-8-11(17)7-16-5-4-15-9-16/h2-6,9,11,17H,7-8H2,1H3/t11-/m1/s1. The van der Waals surface area contributed by atoms with Crippen LogP contribution < -0.4 is 4.74 Å². The van der Waals surface area contributed by atoms with Crippen molar-refractivity contribution in [1.29, 1.82) is 0 Å². The number of aromatic nitrogens is 2. The zero-order chi connectivity index (χ0) is 13.0. The summed E-state index contributed by atoms with van der Waals surface area (Å²) in [7, 11) is 0. The van der Waals surface area contributed by atoms with Crippen LogP contribution in [0.1, 0.15) is 5.56 Å². The molecule has 0 saturated heterocycles. The van der Waals surface area contributed by atoms with E-state index in [9.17, 15) is 5.11 Å². The number of aliphatic hydroxyl groups is 1. The van der Waals surface area contributed by atoms with E-state index in [1.165, 1.54) is 0 Å². The molecule has 4 nitrogen and oxygen atoms in total. The molecule has 5 heteroatoms. The van der Waals surface area contributed by atoms with E-state index >= 15 is 0 Å². The number of benzene rings is 1. The third kappa shape index (κ3) is 3.48. The molecule has 0 aliphatic heterocycles. The molecule has 1 aromatic carbocycles. The summed E-state index contributed by atoms with van der Waals surface area (Å²) in [5, 5.41) is 10.4. The number of aryl methyl sites for hydroxylation is 1. The molecule has 2 aromatic rings. The molecule has 0 radical (unpaired) electrons. The first-order valence-electron chi connectivity index (χ1n) is 5.68. The van der Waals surface area contributed by atoms with Crippen LogP contribution in [0.2, 0.25) is 5.02 Å². The van der Waals surface area contributed by atoms with Gasteiger partial charge < -0.3 is 14.4 Å². The summed E-state index contributed by atoms with van der Waals surface area (Å²) >= 11 is 6.00. The SMILES string of the molecule is Cc1ccc(Cl)c(OC[C@H](O)Cn2ccnc2)c1. The Bertz CT molecular complexity index is 500. The Morgan fingerprint density at radius 1 is 1.50 bits per heavy atom. The molecule has 0 saturated carbocycles. The van der Waals surface area contributed by atoms with Crippen molar-refractivity contribution >= 4 is 11.6 Å². The van der Waals surface area contributed by atoms with Gasteiger partial charge in [0.15, 0.2) is 0 Å². The van der Waals surface area contributed by atoms with Gasteiger partial charge in [0, 0.05) is 12.4 Å². The fourth-order valence-corrected chi connectivity index (χ4v) is 1.77. The van der Waals surface area contributed by atoms with Crippen molar-refractivity contribution in [2.75, 3.05) is 6.61 Å². The van der Waals surface area contributed by atoms with Crippen molar-refractivity contribution in [1.82, 2.24) is 9.55 Å². The maximum Gasteiger partial charge on any atom is 0.138 e. The van der Waals surface area contributed by atoms with Crippen LogP contribution in [0.4, 0.5) is 0 Å². The average Bonchev–Trinajstić information content (AvgIpc) is 2.83. The Morgan fingerprint density at radius 2 is 2.33 bits per heavy atom. The van der Waals surface area contributed by atoms with Gasteiger partial charge >= 0.3 is 0 Å². The molecule has 2 rings (SSSR count). The molecule has 0 amide bonds. The van der Waals surface area contributed by atoms with Crippen LogP contribution in [0.25, 0.3) is 0 Å².